The van der Waals surface area contributed by atoms with E-state index in [2.05, 4.69) is 22.0 Å². The molecule has 0 aliphatic carbocycles. The van der Waals surface area contributed by atoms with Crippen molar-refractivity contribution < 1.29 is 4.79 Å². The largest absolute Gasteiger partial charge is 0.384 e. The van der Waals surface area contributed by atoms with Gasteiger partial charge in [0, 0.05) is 30.0 Å². The van der Waals surface area contributed by atoms with Gasteiger partial charge >= 0.3 is 0 Å². The summed E-state index contributed by atoms with van der Waals surface area (Å²) < 4.78 is 2.16. The first-order valence-electron chi connectivity index (χ1n) is 9.88. The monoisotopic (exact) mass is 390 g/mol. The number of amides is 1. The molecule has 0 aliphatic heterocycles. The second-order valence-corrected chi connectivity index (χ2v) is 6.65. The molecule has 0 unspecified atom stereocenters. The highest BCUT2D eigenvalue weighted by molar-refractivity contribution is 5.96. The number of nitrogens with zero attached hydrogens (tertiary/aromatic N) is 1. The molecule has 3 aromatic rings. The van der Waals surface area contributed by atoms with Gasteiger partial charge in [-0.3, -0.25) is 10.2 Å². The summed E-state index contributed by atoms with van der Waals surface area (Å²) in [5, 5.41) is 10.4. The molecule has 5 heteroatoms. The zero-order valence-corrected chi connectivity index (χ0v) is 17.6. The van der Waals surface area contributed by atoms with Crippen LogP contribution >= 0.6 is 0 Å². The molecule has 0 fully saturated rings. The number of rotatable bonds is 6. The molecule has 0 saturated heterocycles. The Labute approximate surface area is 173 Å². The Hall–Kier alpha value is -3.34. The third kappa shape index (κ3) is 5.57. The van der Waals surface area contributed by atoms with Crippen LogP contribution in [0.2, 0.25) is 0 Å². The first-order valence-corrected chi connectivity index (χ1v) is 9.88. The number of nitrogen functional groups attached to an aromatic ring is 1. The highest BCUT2D eigenvalue weighted by atomic mass is 16.1. The van der Waals surface area contributed by atoms with E-state index < -0.39 is 0 Å². The summed E-state index contributed by atoms with van der Waals surface area (Å²) in [4.78, 5) is 12.7. The van der Waals surface area contributed by atoms with Gasteiger partial charge in [0.1, 0.15) is 5.84 Å². The Kier molecular flexibility index (Phi) is 7.78. The number of nitrogens with one attached hydrogen (secondary N) is 2. The lowest BCUT2D eigenvalue weighted by Crippen LogP contribution is -2.23. The molecule has 29 heavy (non-hydrogen) atoms. The van der Waals surface area contributed by atoms with Crippen molar-refractivity contribution in [3.8, 4) is 0 Å². The van der Waals surface area contributed by atoms with Gasteiger partial charge in [-0.05, 0) is 31.0 Å². The molecule has 0 saturated carbocycles. The smallest absolute Gasteiger partial charge is 0.253 e. The zero-order valence-electron chi connectivity index (χ0n) is 17.6. The highest BCUT2D eigenvalue weighted by Gasteiger charge is 2.15. The maximum atomic E-state index is 12.7. The Morgan fingerprint density at radius 1 is 1.00 bits per heavy atom. The molecule has 1 heterocycles. The van der Waals surface area contributed by atoms with E-state index in [-0.39, 0.29) is 11.7 Å². The maximum Gasteiger partial charge on any atom is 0.253 e. The zero-order chi connectivity index (χ0) is 21.4. The Balaban J connectivity index is 0.00000145. The Morgan fingerprint density at radius 2 is 1.62 bits per heavy atom. The highest BCUT2D eigenvalue weighted by Crippen LogP contribution is 2.17. The quantitative estimate of drug-likeness (QED) is 0.431. The molecule has 0 radical (unpaired) electrons. The van der Waals surface area contributed by atoms with Crippen molar-refractivity contribution in [3.05, 3.63) is 94.3 Å². The van der Waals surface area contributed by atoms with Crippen LogP contribution in [0.15, 0.2) is 60.7 Å². The summed E-state index contributed by atoms with van der Waals surface area (Å²) in [7, 11) is 0. The van der Waals surface area contributed by atoms with Crippen molar-refractivity contribution in [2.24, 2.45) is 5.73 Å². The van der Waals surface area contributed by atoms with Crippen molar-refractivity contribution in [1.29, 1.82) is 5.41 Å². The van der Waals surface area contributed by atoms with Crippen molar-refractivity contribution in [1.82, 2.24) is 9.88 Å². The van der Waals surface area contributed by atoms with Gasteiger partial charge in [0.05, 0.1) is 5.56 Å². The molecule has 2 aromatic carbocycles. The van der Waals surface area contributed by atoms with Gasteiger partial charge in [0.2, 0.25) is 0 Å². The minimum atomic E-state index is -0.0851. The summed E-state index contributed by atoms with van der Waals surface area (Å²) in [6.45, 7) is 9.18. The van der Waals surface area contributed by atoms with Gasteiger partial charge in [-0.15, -0.1) is 0 Å². The lowest BCUT2D eigenvalue weighted by Gasteiger charge is -2.10. The number of amidine groups is 1. The van der Waals surface area contributed by atoms with Crippen molar-refractivity contribution in [2.45, 2.75) is 40.8 Å². The van der Waals surface area contributed by atoms with Crippen LogP contribution in [0, 0.1) is 19.3 Å². The van der Waals surface area contributed by atoms with Gasteiger partial charge in [-0.1, -0.05) is 68.4 Å². The van der Waals surface area contributed by atoms with E-state index in [1.807, 2.05) is 64.1 Å². The molecule has 0 aliphatic rings. The predicted octanol–water partition coefficient (Wildman–Crippen LogP) is 4.39. The number of aromatic nitrogens is 1. The lowest BCUT2D eigenvalue weighted by atomic mass is 10.1. The molecule has 5 nitrogen and oxygen atoms in total. The van der Waals surface area contributed by atoms with Crippen LogP contribution in [0.25, 0.3) is 0 Å². The number of aryl methyl sites for hydroxylation is 1. The molecule has 0 spiro atoms. The molecule has 1 amide bonds. The fourth-order valence-corrected chi connectivity index (χ4v) is 3.12. The fraction of sp³-hybridized carbons (Fsp3) is 0.250. The third-order valence-electron chi connectivity index (χ3n) is 4.72. The number of carbonyl (C=O) groups excluding carboxylic acids is 1. The predicted molar refractivity (Wildman–Crippen MR) is 119 cm³/mol. The van der Waals surface area contributed by atoms with Gasteiger partial charge in [-0.2, -0.15) is 0 Å². The lowest BCUT2D eigenvalue weighted by molar-refractivity contribution is 0.0950. The van der Waals surface area contributed by atoms with Crippen LogP contribution in [0.4, 0.5) is 0 Å². The number of hydrogen-bond acceptors (Lipinski definition) is 2. The number of benzene rings is 2. The second kappa shape index (κ2) is 10.3. The summed E-state index contributed by atoms with van der Waals surface area (Å²) in [6, 6.07) is 19.5. The average Bonchev–Trinajstić information content (AvgIpc) is 3.03. The summed E-state index contributed by atoms with van der Waals surface area (Å²) in [5.41, 5.74) is 11.0. The Morgan fingerprint density at radius 3 is 2.21 bits per heavy atom. The van der Waals surface area contributed by atoms with E-state index in [1.165, 1.54) is 5.56 Å². The van der Waals surface area contributed by atoms with E-state index in [1.54, 1.807) is 12.1 Å². The van der Waals surface area contributed by atoms with E-state index in [9.17, 15) is 4.79 Å². The van der Waals surface area contributed by atoms with Gasteiger partial charge in [-0.25, -0.2) is 0 Å². The van der Waals surface area contributed by atoms with E-state index in [0.29, 0.717) is 17.7 Å². The number of hydrogen-bond donors (Lipinski definition) is 3. The van der Waals surface area contributed by atoms with E-state index >= 15 is 0 Å². The maximum absolute atomic E-state index is 12.7. The summed E-state index contributed by atoms with van der Waals surface area (Å²) in [5.74, 6) is -0.0468. The fourth-order valence-electron chi connectivity index (χ4n) is 3.12. The molecular formula is C24H30N4O. The van der Waals surface area contributed by atoms with Gasteiger partial charge in [0.25, 0.3) is 5.91 Å². The van der Waals surface area contributed by atoms with Crippen LogP contribution in [0.3, 0.4) is 0 Å². The molecular weight excluding hydrogens is 360 g/mol. The summed E-state index contributed by atoms with van der Waals surface area (Å²) in [6.07, 6.45) is 0. The first kappa shape index (κ1) is 22.0. The van der Waals surface area contributed by atoms with Crippen LogP contribution in [0.1, 0.15) is 52.3 Å². The van der Waals surface area contributed by atoms with Gasteiger partial charge in [0.15, 0.2) is 0 Å². The average molecular weight is 391 g/mol. The molecule has 1 aromatic heterocycles. The summed E-state index contributed by atoms with van der Waals surface area (Å²) >= 11 is 0. The number of nitrogens with two attached hydrogens (primary N) is 1. The first-order chi connectivity index (χ1) is 14.0. The SMILES string of the molecule is CC.Cc1cc(C(=O)NCc2ccc(C(=N)N)cc2)c(C)n1Cc1ccccc1. The van der Waals surface area contributed by atoms with Crippen molar-refractivity contribution >= 4 is 11.7 Å². The third-order valence-corrected chi connectivity index (χ3v) is 4.72. The van der Waals surface area contributed by atoms with Crippen molar-refractivity contribution in [2.75, 3.05) is 0 Å². The van der Waals surface area contributed by atoms with E-state index in [0.717, 1.165) is 23.5 Å². The van der Waals surface area contributed by atoms with Crippen LogP contribution in [-0.4, -0.2) is 16.3 Å². The normalized spacial score (nSPS) is 10.1. The Bertz CT molecular complexity index is 957. The minimum Gasteiger partial charge on any atom is -0.384 e. The van der Waals surface area contributed by atoms with E-state index in [4.69, 9.17) is 11.1 Å². The topological polar surface area (TPSA) is 83.9 Å². The van der Waals surface area contributed by atoms with Crippen LogP contribution < -0.4 is 11.1 Å². The molecule has 0 bridgehead atoms. The molecule has 0 atom stereocenters. The standard InChI is InChI=1S/C22H24N4O.C2H6/c1-15-12-20(16(2)26(15)14-18-6-4-3-5-7-18)22(27)25-13-17-8-10-19(11-9-17)21(23)24;1-2/h3-12H,13-14H2,1-2H3,(H3,23,24)(H,25,27);1-2H3. The number of carbonyl (C=O) groups is 1. The molecule has 152 valence electrons. The van der Waals surface area contributed by atoms with Crippen molar-refractivity contribution in [3.63, 3.8) is 0 Å². The van der Waals surface area contributed by atoms with Crippen LogP contribution in [-0.2, 0) is 13.1 Å². The second-order valence-electron chi connectivity index (χ2n) is 6.65. The van der Waals surface area contributed by atoms with Crippen LogP contribution in [0.5, 0.6) is 0 Å². The molecule has 3 rings (SSSR count). The molecule has 4 N–H and O–H groups in total. The van der Waals surface area contributed by atoms with Gasteiger partial charge < -0.3 is 15.6 Å². The minimum absolute atomic E-state index is 0.0384.